The monoisotopic (exact) mass is 409 g/mol. The smallest absolute Gasteiger partial charge is 0.271 e. The maximum absolute atomic E-state index is 11.8. The molecule has 2 heterocycles. The standard InChI is InChI=1S/C20H23N7O3/c1-11(2)9-14(18(21)28)26-16-10-23-17(19(22)29)20(27-16)25-13-5-3-12(4-6-13)15-7-8-24-30-15/h3-8,10-11,14H,9H2,1-2H3,(H2,21,28)(H2,22,29)(H2,25,26,27). The molecule has 2 aromatic heterocycles. The van der Waals surface area contributed by atoms with Crippen LogP contribution in [0.1, 0.15) is 30.8 Å². The number of carbonyl (C=O) groups is 2. The molecule has 0 radical (unpaired) electrons. The quantitative estimate of drug-likeness (QED) is 0.418. The summed E-state index contributed by atoms with van der Waals surface area (Å²) in [5.74, 6) is 0.102. The second-order valence-corrected chi connectivity index (χ2v) is 7.12. The predicted octanol–water partition coefficient (Wildman–Crippen LogP) is 2.29. The van der Waals surface area contributed by atoms with Gasteiger partial charge in [-0.05, 0) is 36.6 Å². The molecule has 10 nitrogen and oxygen atoms in total. The third kappa shape index (κ3) is 5.10. The van der Waals surface area contributed by atoms with Gasteiger partial charge in [0.1, 0.15) is 11.9 Å². The van der Waals surface area contributed by atoms with Gasteiger partial charge in [-0.25, -0.2) is 9.97 Å². The van der Waals surface area contributed by atoms with Crippen LogP contribution in [-0.2, 0) is 4.79 Å². The Bertz CT molecular complexity index is 1020. The highest BCUT2D eigenvalue weighted by Gasteiger charge is 2.19. The fourth-order valence-electron chi connectivity index (χ4n) is 2.84. The first-order valence-electron chi connectivity index (χ1n) is 9.34. The Hall–Kier alpha value is -3.95. The zero-order valence-corrected chi connectivity index (χ0v) is 16.6. The molecule has 0 spiro atoms. The summed E-state index contributed by atoms with van der Waals surface area (Å²) in [5.41, 5.74) is 12.4. The fourth-order valence-corrected chi connectivity index (χ4v) is 2.84. The van der Waals surface area contributed by atoms with E-state index in [-0.39, 0.29) is 17.4 Å². The van der Waals surface area contributed by atoms with Crippen LogP contribution in [0, 0.1) is 5.92 Å². The summed E-state index contributed by atoms with van der Waals surface area (Å²) in [6.45, 7) is 3.96. The number of hydrogen-bond acceptors (Lipinski definition) is 8. The molecule has 3 rings (SSSR count). The van der Waals surface area contributed by atoms with E-state index in [1.165, 1.54) is 6.20 Å². The van der Waals surface area contributed by atoms with Gasteiger partial charge in [0.15, 0.2) is 17.3 Å². The van der Waals surface area contributed by atoms with E-state index in [9.17, 15) is 9.59 Å². The average molecular weight is 409 g/mol. The molecule has 0 aliphatic rings. The highest BCUT2D eigenvalue weighted by atomic mass is 16.5. The van der Waals surface area contributed by atoms with Crippen molar-refractivity contribution in [2.24, 2.45) is 17.4 Å². The molecule has 30 heavy (non-hydrogen) atoms. The van der Waals surface area contributed by atoms with Crippen molar-refractivity contribution in [2.75, 3.05) is 10.6 Å². The number of nitrogens with zero attached hydrogens (tertiary/aromatic N) is 3. The van der Waals surface area contributed by atoms with Gasteiger partial charge in [-0.2, -0.15) is 0 Å². The van der Waals surface area contributed by atoms with E-state index in [4.69, 9.17) is 16.0 Å². The van der Waals surface area contributed by atoms with Crippen molar-refractivity contribution in [1.29, 1.82) is 0 Å². The summed E-state index contributed by atoms with van der Waals surface area (Å²) >= 11 is 0. The van der Waals surface area contributed by atoms with Crippen LogP contribution in [0.25, 0.3) is 11.3 Å². The number of primary amides is 2. The van der Waals surface area contributed by atoms with Crippen molar-refractivity contribution in [3.8, 4) is 11.3 Å². The zero-order chi connectivity index (χ0) is 21.7. The second kappa shape index (κ2) is 9.03. The van der Waals surface area contributed by atoms with Gasteiger partial charge in [-0.15, -0.1) is 0 Å². The first-order chi connectivity index (χ1) is 14.3. The maximum atomic E-state index is 11.8. The number of carbonyl (C=O) groups excluding carboxylic acids is 2. The first-order valence-corrected chi connectivity index (χ1v) is 9.34. The molecule has 3 aromatic rings. The minimum atomic E-state index is -0.733. The van der Waals surface area contributed by atoms with Crippen LogP contribution in [0.15, 0.2) is 47.2 Å². The lowest BCUT2D eigenvalue weighted by Crippen LogP contribution is -2.37. The third-order valence-electron chi connectivity index (χ3n) is 4.25. The van der Waals surface area contributed by atoms with Gasteiger partial charge in [-0.1, -0.05) is 19.0 Å². The number of nitrogens with two attached hydrogens (primary N) is 2. The lowest BCUT2D eigenvalue weighted by Gasteiger charge is -2.18. The Labute approximate surface area is 173 Å². The van der Waals surface area contributed by atoms with Crippen molar-refractivity contribution in [3.05, 3.63) is 48.4 Å². The number of amides is 2. The summed E-state index contributed by atoms with van der Waals surface area (Å²) in [5, 5.41) is 9.69. The number of anilines is 3. The summed E-state index contributed by atoms with van der Waals surface area (Å²) in [7, 11) is 0. The van der Waals surface area contributed by atoms with E-state index in [1.807, 2.05) is 26.0 Å². The van der Waals surface area contributed by atoms with E-state index in [0.29, 0.717) is 23.7 Å². The molecule has 2 amide bonds. The molecule has 0 bridgehead atoms. The first kappa shape index (κ1) is 20.8. The Morgan fingerprint density at radius 1 is 1.13 bits per heavy atom. The minimum absolute atomic E-state index is 0.0284. The molecule has 0 saturated heterocycles. The second-order valence-electron chi connectivity index (χ2n) is 7.12. The molecule has 6 N–H and O–H groups in total. The van der Waals surface area contributed by atoms with Crippen LogP contribution in [0.2, 0.25) is 0 Å². The summed E-state index contributed by atoms with van der Waals surface area (Å²) in [4.78, 5) is 32.0. The molecule has 1 unspecified atom stereocenters. The van der Waals surface area contributed by atoms with Crippen molar-refractivity contribution in [1.82, 2.24) is 15.1 Å². The van der Waals surface area contributed by atoms with Crippen molar-refractivity contribution >= 4 is 29.1 Å². The van der Waals surface area contributed by atoms with E-state index in [1.54, 1.807) is 24.4 Å². The summed E-state index contributed by atoms with van der Waals surface area (Å²) in [6, 6.07) is 8.36. The van der Waals surface area contributed by atoms with Gasteiger partial charge in [0.2, 0.25) is 5.91 Å². The molecule has 156 valence electrons. The number of hydrogen-bond donors (Lipinski definition) is 4. The Morgan fingerprint density at radius 2 is 1.87 bits per heavy atom. The lowest BCUT2D eigenvalue weighted by molar-refractivity contribution is -0.119. The minimum Gasteiger partial charge on any atom is -0.368 e. The van der Waals surface area contributed by atoms with Crippen molar-refractivity contribution in [3.63, 3.8) is 0 Å². The molecule has 0 aliphatic heterocycles. The van der Waals surface area contributed by atoms with Crippen LogP contribution in [-0.4, -0.2) is 33.0 Å². The fraction of sp³-hybridized carbons (Fsp3) is 0.250. The van der Waals surface area contributed by atoms with Gasteiger partial charge >= 0.3 is 0 Å². The molecular weight excluding hydrogens is 386 g/mol. The van der Waals surface area contributed by atoms with Crippen LogP contribution in [0.5, 0.6) is 0 Å². The molecule has 0 fully saturated rings. The van der Waals surface area contributed by atoms with Gasteiger partial charge in [0.05, 0.1) is 12.4 Å². The third-order valence-corrected chi connectivity index (χ3v) is 4.25. The number of nitrogens with one attached hydrogen (secondary N) is 2. The zero-order valence-electron chi connectivity index (χ0n) is 16.6. The van der Waals surface area contributed by atoms with Gasteiger partial charge in [0.25, 0.3) is 5.91 Å². The molecule has 1 atom stereocenters. The van der Waals surface area contributed by atoms with E-state index in [2.05, 4.69) is 25.8 Å². The van der Waals surface area contributed by atoms with E-state index >= 15 is 0 Å². The molecular formula is C20H23N7O3. The van der Waals surface area contributed by atoms with Crippen LogP contribution in [0.3, 0.4) is 0 Å². The van der Waals surface area contributed by atoms with Gasteiger partial charge < -0.3 is 26.6 Å². The average Bonchev–Trinajstić information content (AvgIpc) is 3.22. The van der Waals surface area contributed by atoms with Gasteiger partial charge in [0, 0.05) is 17.3 Å². The summed E-state index contributed by atoms with van der Waals surface area (Å²) in [6.07, 6.45) is 3.43. The van der Waals surface area contributed by atoms with E-state index < -0.39 is 17.9 Å². The van der Waals surface area contributed by atoms with Crippen molar-refractivity contribution in [2.45, 2.75) is 26.3 Å². The Kier molecular flexibility index (Phi) is 6.26. The largest absolute Gasteiger partial charge is 0.368 e. The highest BCUT2D eigenvalue weighted by molar-refractivity contribution is 5.96. The van der Waals surface area contributed by atoms with E-state index in [0.717, 1.165) is 5.56 Å². The normalized spacial score (nSPS) is 11.8. The van der Waals surface area contributed by atoms with Crippen LogP contribution >= 0.6 is 0 Å². The topological polar surface area (TPSA) is 162 Å². The maximum Gasteiger partial charge on any atom is 0.271 e. The predicted molar refractivity (Wildman–Crippen MR) is 112 cm³/mol. The number of rotatable bonds is 9. The van der Waals surface area contributed by atoms with Gasteiger partial charge in [-0.3, -0.25) is 9.59 Å². The molecule has 0 aliphatic carbocycles. The lowest BCUT2D eigenvalue weighted by atomic mass is 10.0. The number of benzene rings is 1. The highest BCUT2D eigenvalue weighted by Crippen LogP contribution is 2.24. The van der Waals surface area contributed by atoms with Crippen LogP contribution < -0.4 is 22.1 Å². The number of aromatic nitrogens is 3. The summed E-state index contributed by atoms with van der Waals surface area (Å²) < 4.78 is 5.13. The Morgan fingerprint density at radius 3 is 2.43 bits per heavy atom. The molecule has 1 aromatic carbocycles. The Balaban J connectivity index is 1.84. The van der Waals surface area contributed by atoms with Crippen LogP contribution in [0.4, 0.5) is 17.3 Å². The van der Waals surface area contributed by atoms with Crippen molar-refractivity contribution < 1.29 is 14.1 Å². The molecule has 0 saturated carbocycles. The SMILES string of the molecule is CC(C)CC(Nc1cnc(C(N)=O)c(Nc2ccc(-c3ccno3)cc2)n1)C(N)=O. The molecule has 10 heteroatoms.